The van der Waals surface area contributed by atoms with Gasteiger partial charge in [0.25, 0.3) is 0 Å². The van der Waals surface area contributed by atoms with Gasteiger partial charge >= 0.3 is 0 Å². The smallest absolute Gasteiger partial charge is 0.110 e. The molecule has 6 unspecified atom stereocenters. The van der Waals surface area contributed by atoms with Crippen molar-refractivity contribution in [3.05, 3.63) is 35.1 Å². The molecule has 1 heteroatoms. The number of allylic oxidation sites excluding steroid dienone is 5. The van der Waals surface area contributed by atoms with Crippen molar-refractivity contribution in [2.24, 2.45) is 46.3 Å². The molecule has 4 bridgehead atoms. The summed E-state index contributed by atoms with van der Waals surface area (Å²) in [5, 5.41) is 0. The van der Waals surface area contributed by atoms with Crippen molar-refractivity contribution < 1.29 is 0 Å². The first-order valence-corrected chi connectivity index (χ1v) is 11.8. The summed E-state index contributed by atoms with van der Waals surface area (Å²) in [5.74, 6) is 7.49. The predicted octanol–water partition coefficient (Wildman–Crippen LogP) is 7.32. The van der Waals surface area contributed by atoms with Crippen LogP contribution in [0, 0.1) is 46.3 Å². The predicted molar refractivity (Wildman–Crippen MR) is 120 cm³/mol. The Morgan fingerprint density at radius 1 is 0.926 bits per heavy atom. The Morgan fingerprint density at radius 2 is 1.41 bits per heavy atom. The van der Waals surface area contributed by atoms with Gasteiger partial charge in [-0.2, -0.15) is 0 Å². The Bertz CT molecular complexity index is 626. The molecule has 0 heterocycles. The molecule has 2 saturated carbocycles. The van der Waals surface area contributed by atoms with Gasteiger partial charge in [-0.15, -0.1) is 5.98 Å². The van der Waals surface area contributed by atoms with Crippen molar-refractivity contribution in [2.45, 2.75) is 80.6 Å². The zero-order valence-electron chi connectivity index (χ0n) is 18.9. The van der Waals surface area contributed by atoms with Crippen molar-refractivity contribution >= 4 is 6.71 Å². The maximum absolute atomic E-state index is 2.72. The van der Waals surface area contributed by atoms with E-state index < -0.39 is 0 Å². The molecule has 0 radical (unpaired) electrons. The van der Waals surface area contributed by atoms with Gasteiger partial charge in [0.05, 0.1) is 0 Å². The molecule has 0 aliphatic heterocycles. The maximum Gasteiger partial charge on any atom is 0.224 e. The van der Waals surface area contributed by atoms with E-state index in [1.54, 1.807) is 10.9 Å². The van der Waals surface area contributed by atoms with Crippen LogP contribution in [0.1, 0.15) is 80.6 Å². The van der Waals surface area contributed by atoms with Gasteiger partial charge in [-0.05, 0) is 65.6 Å². The van der Waals surface area contributed by atoms with Gasteiger partial charge in [0.15, 0.2) is 0 Å². The molecule has 0 amide bonds. The van der Waals surface area contributed by atoms with Crippen LogP contribution in [0.5, 0.6) is 0 Å². The molecule has 6 aliphatic rings. The zero-order valence-corrected chi connectivity index (χ0v) is 18.9. The van der Waals surface area contributed by atoms with Crippen molar-refractivity contribution in [2.75, 3.05) is 0 Å². The Balaban J connectivity index is 1.66. The van der Waals surface area contributed by atoms with Crippen LogP contribution in [0.25, 0.3) is 0 Å². The second kappa shape index (κ2) is 6.67. The highest BCUT2D eigenvalue weighted by Gasteiger charge is 2.57. The molecule has 6 atom stereocenters. The van der Waals surface area contributed by atoms with Crippen LogP contribution in [-0.4, -0.2) is 6.71 Å². The summed E-state index contributed by atoms with van der Waals surface area (Å²) in [5.41, 5.74) is 4.58. The highest BCUT2D eigenvalue weighted by molar-refractivity contribution is 6.78. The summed E-state index contributed by atoms with van der Waals surface area (Å²) >= 11 is 0. The van der Waals surface area contributed by atoms with Gasteiger partial charge < -0.3 is 0 Å². The molecule has 0 saturated heterocycles. The van der Waals surface area contributed by atoms with Crippen LogP contribution in [0.4, 0.5) is 0 Å². The first kappa shape index (κ1) is 19.6. The molecular formula is C26H41B. The van der Waals surface area contributed by atoms with Crippen LogP contribution in [0.3, 0.4) is 0 Å². The normalized spacial score (nSPS) is 40.7. The Labute approximate surface area is 169 Å². The summed E-state index contributed by atoms with van der Waals surface area (Å²) in [6.07, 6.45) is 14.7. The fourth-order valence-corrected chi connectivity index (χ4v) is 7.23. The highest BCUT2D eigenvalue weighted by Crippen LogP contribution is 2.63. The van der Waals surface area contributed by atoms with Crippen LogP contribution in [0.15, 0.2) is 35.1 Å². The van der Waals surface area contributed by atoms with Crippen LogP contribution < -0.4 is 0 Å². The highest BCUT2D eigenvalue weighted by atomic mass is 14.6. The summed E-state index contributed by atoms with van der Waals surface area (Å²) in [7, 11) is 0. The van der Waals surface area contributed by atoms with E-state index in [2.05, 4.69) is 72.7 Å². The van der Waals surface area contributed by atoms with Crippen LogP contribution >= 0.6 is 0 Å². The van der Waals surface area contributed by atoms with E-state index in [0.29, 0.717) is 17.5 Å². The second-order valence-corrected chi connectivity index (χ2v) is 11.5. The lowest BCUT2D eigenvalue weighted by Gasteiger charge is -2.61. The molecule has 0 N–H and O–H groups in total. The summed E-state index contributed by atoms with van der Waals surface area (Å²) in [6, 6.07) is 0. The summed E-state index contributed by atoms with van der Waals surface area (Å²) < 4.78 is 0. The van der Waals surface area contributed by atoms with E-state index >= 15 is 0 Å². The third kappa shape index (κ3) is 2.86. The largest absolute Gasteiger partial charge is 0.224 e. The number of fused-ring (bicyclic) bond motifs is 2. The number of hydrogen-bond donors (Lipinski definition) is 0. The lowest BCUT2D eigenvalue weighted by atomic mass is 9.27. The van der Waals surface area contributed by atoms with Crippen molar-refractivity contribution in [1.29, 1.82) is 0 Å². The number of unbranched alkanes of at least 4 members (excludes halogenated alkanes) is 2. The van der Waals surface area contributed by atoms with E-state index in [0.717, 1.165) is 35.5 Å². The molecule has 2 fully saturated rings. The lowest BCUT2D eigenvalue weighted by Crippen LogP contribution is -2.55. The van der Waals surface area contributed by atoms with E-state index in [1.807, 2.05) is 0 Å². The average molecular weight is 364 g/mol. The van der Waals surface area contributed by atoms with E-state index in [4.69, 9.17) is 0 Å². The monoisotopic (exact) mass is 364 g/mol. The molecule has 6 aliphatic carbocycles. The van der Waals surface area contributed by atoms with Gasteiger partial charge in [0, 0.05) is 0 Å². The van der Waals surface area contributed by atoms with Gasteiger partial charge in [0.2, 0.25) is 6.71 Å². The molecule has 0 aromatic rings. The topological polar surface area (TPSA) is 0 Å². The minimum absolute atomic E-state index is 0.524. The van der Waals surface area contributed by atoms with Gasteiger partial charge in [-0.25, -0.2) is 0 Å². The average Bonchev–Trinajstić information content (AvgIpc) is 2.62. The fraction of sp³-hybridized carbons (Fsp3) is 0.769. The van der Waals surface area contributed by atoms with E-state index in [9.17, 15) is 0 Å². The summed E-state index contributed by atoms with van der Waals surface area (Å²) in [4.78, 5) is 0. The SMILES string of the molecule is CCCCC=CB(C1=CC2CC(C1C)C2(C)C)C1=CC2CC(C1C)C2(C)C. The zero-order chi connectivity index (χ0) is 19.6. The van der Waals surface area contributed by atoms with Gasteiger partial charge in [0.1, 0.15) is 0 Å². The lowest BCUT2D eigenvalue weighted by molar-refractivity contribution is -0.0304. The fourth-order valence-electron chi connectivity index (χ4n) is 7.23. The molecule has 0 aromatic carbocycles. The molecule has 148 valence electrons. The maximum atomic E-state index is 2.72. The quantitative estimate of drug-likeness (QED) is 0.342. The summed E-state index contributed by atoms with van der Waals surface area (Å²) in [6.45, 7) is 17.9. The Kier molecular flexibility index (Phi) is 4.84. The first-order valence-electron chi connectivity index (χ1n) is 11.8. The first-order chi connectivity index (χ1) is 12.7. The molecule has 0 spiro atoms. The van der Waals surface area contributed by atoms with E-state index in [1.165, 1.54) is 32.1 Å². The minimum atomic E-state index is 0.524. The molecule has 6 rings (SSSR count). The third-order valence-corrected chi connectivity index (χ3v) is 9.66. The van der Waals surface area contributed by atoms with Gasteiger partial charge in [-0.1, -0.05) is 90.5 Å². The third-order valence-electron chi connectivity index (χ3n) is 9.66. The minimum Gasteiger partial charge on any atom is -0.110 e. The second-order valence-electron chi connectivity index (χ2n) is 11.5. The van der Waals surface area contributed by atoms with Crippen molar-refractivity contribution in [3.8, 4) is 0 Å². The number of hydrogen-bond acceptors (Lipinski definition) is 0. The van der Waals surface area contributed by atoms with Crippen molar-refractivity contribution in [1.82, 2.24) is 0 Å². The molecule has 27 heavy (non-hydrogen) atoms. The Morgan fingerprint density at radius 3 is 1.78 bits per heavy atom. The van der Waals surface area contributed by atoms with Gasteiger partial charge in [-0.3, -0.25) is 0 Å². The van der Waals surface area contributed by atoms with Crippen LogP contribution in [0.2, 0.25) is 0 Å². The number of rotatable bonds is 6. The van der Waals surface area contributed by atoms with Crippen LogP contribution in [-0.2, 0) is 0 Å². The molecular weight excluding hydrogens is 323 g/mol. The molecule has 0 nitrogen and oxygen atoms in total. The molecule has 0 aromatic heterocycles. The van der Waals surface area contributed by atoms with E-state index in [-0.39, 0.29) is 0 Å². The Hall–Kier alpha value is -0.715. The van der Waals surface area contributed by atoms with Crippen molar-refractivity contribution in [3.63, 3.8) is 0 Å². The standard InChI is InChI=1S/C26H41B/c1-8-9-10-11-12-27(23-15-19-13-21(17(23)2)25(19,4)5)24-16-20-14-22(18(24)3)26(20,6)7/h11-12,15-22H,8-10,13-14H2,1-7H3.